The first kappa shape index (κ1) is 15.1. The Morgan fingerprint density at radius 2 is 2.32 bits per heavy atom. The number of carbonyl (C=O) groups excluding carboxylic acids is 1. The van der Waals surface area contributed by atoms with Crippen LogP contribution in [0.4, 0.5) is 0 Å². The first-order valence-electron chi connectivity index (χ1n) is 5.73. The van der Waals surface area contributed by atoms with Crippen molar-refractivity contribution in [3.05, 3.63) is 29.3 Å². The van der Waals surface area contributed by atoms with Gasteiger partial charge in [0.2, 0.25) is 0 Å². The van der Waals surface area contributed by atoms with Gasteiger partial charge in [0, 0.05) is 18.0 Å². The minimum Gasteiger partial charge on any atom is -0.484 e. The minimum atomic E-state index is -0.237. The van der Waals surface area contributed by atoms with Gasteiger partial charge in [-0.3, -0.25) is 4.79 Å². The lowest BCUT2D eigenvalue weighted by Crippen LogP contribution is -2.30. The monoisotopic (exact) mass is 285 g/mol. The van der Waals surface area contributed by atoms with Crippen LogP contribution in [-0.4, -0.2) is 30.1 Å². The number of hydrogen-bond donors (Lipinski definition) is 3. The van der Waals surface area contributed by atoms with E-state index < -0.39 is 0 Å². The fraction of sp³-hybridized carbons (Fsp3) is 0.333. The third kappa shape index (κ3) is 6.52. The van der Waals surface area contributed by atoms with Gasteiger partial charge in [-0.1, -0.05) is 22.8 Å². The molecule has 0 saturated heterocycles. The second kappa shape index (κ2) is 8.20. The highest BCUT2D eigenvalue weighted by atomic mass is 35.5. The number of nitrogens with one attached hydrogen (secondary N) is 1. The van der Waals surface area contributed by atoms with Gasteiger partial charge in [-0.2, -0.15) is 0 Å². The molecule has 0 radical (unpaired) electrons. The second-order valence-electron chi connectivity index (χ2n) is 3.79. The Bertz CT molecular complexity index is 452. The van der Waals surface area contributed by atoms with Crippen molar-refractivity contribution in [1.29, 1.82) is 0 Å². The maximum Gasteiger partial charge on any atom is 0.257 e. The number of ether oxygens (including phenoxy) is 1. The predicted molar refractivity (Wildman–Crippen MR) is 72.6 cm³/mol. The van der Waals surface area contributed by atoms with E-state index in [0.717, 1.165) is 0 Å². The zero-order valence-corrected chi connectivity index (χ0v) is 11.1. The van der Waals surface area contributed by atoms with Gasteiger partial charge in [0.1, 0.15) is 11.6 Å². The number of benzene rings is 1. The van der Waals surface area contributed by atoms with Gasteiger partial charge in [-0.05, 0) is 24.6 Å². The number of nitrogens with zero attached hydrogens (tertiary/aromatic N) is 1. The fourth-order valence-corrected chi connectivity index (χ4v) is 1.48. The summed E-state index contributed by atoms with van der Waals surface area (Å²) in [4.78, 5) is 11.4. The third-order valence-electron chi connectivity index (χ3n) is 2.23. The molecule has 19 heavy (non-hydrogen) atoms. The summed E-state index contributed by atoms with van der Waals surface area (Å²) in [5.74, 6) is 0.447. The Morgan fingerprint density at radius 3 is 3.00 bits per heavy atom. The number of amidine groups is 1. The van der Waals surface area contributed by atoms with Crippen molar-refractivity contribution in [2.75, 3.05) is 13.2 Å². The standard InChI is InChI=1S/C12H16ClN3O3/c13-9-3-1-4-10(7-9)19-8-12(17)15-6-2-5-11(14)16-18/h1,3-4,7,18H,2,5-6,8H2,(H2,14,16)(H,15,17). The molecule has 1 amide bonds. The molecule has 0 spiro atoms. The molecule has 7 heteroatoms. The smallest absolute Gasteiger partial charge is 0.257 e. The highest BCUT2D eigenvalue weighted by molar-refractivity contribution is 6.30. The zero-order valence-electron chi connectivity index (χ0n) is 10.3. The molecule has 0 heterocycles. The number of halogens is 1. The van der Waals surface area contributed by atoms with Crippen LogP contribution in [0, 0.1) is 0 Å². The molecule has 0 bridgehead atoms. The molecular weight excluding hydrogens is 270 g/mol. The van der Waals surface area contributed by atoms with Crippen LogP contribution in [0.25, 0.3) is 0 Å². The molecule has 0 aromatic heterocycles. The van der Waals surface area contributed by atoms with Crippen molar-refractivity contribution in [2.45, 2.75) is 12.8 Å². The van der Waals surface area contributed by atoms with E-state index in [-0.39, 0.29) is 18.3 Å². The highest BCUT2D eigenvalue weighted by Gasteiger charge is 2.03. The largest absolute Gasteiger partial charge is 0.484 e. The molecule has 0 saturated carbocycles. The minimum absolute atomic E-state index is 0.0795. The van der Waals surface area contributed by atoms with E-state index in [2.05, 4.69) is 10.5 Å². The van der Waals surface area contributed by atoms with E-state index >= 15 is 0 Å². The molecule has 104 valence electrons. The lowest BCUT2D eigenvalue weighted by atomic mass is 10.3. The molecule has 0 atom stereocenters. The van der Waals surface area contributed by atoms with Gasteiger partial charge in [-0.25, -0.2) is 0 Å². The zero-order chi connectivity index (χ0) is 14.1. The molecular formula is C12H16ClN3O3. The summed E-state index contributed by atoms with van der Waals surface area (Å²) in [6, 6.07) is 6.82. The SMILES string of the molecule is NC(CCCNC(=O)COc1cccc(Cl)c1)=NO. The lowest BCUT2D eigenvalue weighted by Gasteiger charge is -2.07. The number of oxime groups is 1. The first-order chi connectivity index (χ1) is 9.11. The van der Waals surface area contributed by atoms with Crippen LogP contribution in [0.2, 0.25) is 5.02 Å². The van der Waals surface area contributed by atoms with E-state index in [1.54, 1.807) is 24.3 Å². The molecule has 1 aromatic rings. The maximum absolute atomic E-state index is 11.4. The van der Waals surface area contributed by atoms with Gasteiger partial charge in [-0.15, -0.1) is 0 Å². The Hall–Kier alpha value is -1.95. The van der Waals surface area contributed by atoms with Gasteiger partial charge < -0.3 is 21.0 Å². The second-order valence-corrected chi connectivity index (χ2v) is 4.23. The first-order valence-corrected chi connectivity index (χ1v) is 6.11. The summed E-state index contributed by atoms with van der Waals surface area (Å²) >= 11 is 5.78. The Kier molecular flexibility index (Phi) is 6.52. The van der Waals surface area contributed by atoms with Crippen molar-refractivity contribution in [2.24, 2.45) is 10.9 Å². The van der Waals surface area contributed by atoms with Crippen LogP contribution < -0.4 is 15.8 Å². The molecule has 1 aromatic carbocycles. The molecule has 0 aliphatic heterocycles. The van der Waals surface area contributed by atoms with Crippen molar-refractivity contribution >= 4 is 23.3 Å². The van der Waals surface area contributed by atoms with E-state index in [1.165, 1.54) is 0 Å². The van der Waals surface area contributed by atoms with E-state index in [4.69, 9.17) is 27.3 Å². The number of rotatable bonds is 7. The molecule has 0 unspecified atom stereocenters. The third-order valence-corrected chi connectivity index (χ3v) is 2.46. The Morgan fingerprint density at radius 1 is 1.53 bits per heavy atom. The molecule has 0 fully saturated rings. The summed E-state index contributed by atoms with van der Waals surface area (Å²) in [6.07, 6.45) is 1.02. The average molecular weight is 286 g/mol. The topological polar surface area (TPSA) is 96.9 Å². The number of amides is 1. The van der Waals surface area contributed by atoms with Crippen molar-refractivity contribution in [3.63, 3.8) is 0 Å². The number of nitrogens with two attached hydrogens (primary N) is 1. The number of hydrogen-bond acceptors (Lipinski definition) is 4. The van der Waals surface area contributed by atoms with Crippen LogP contribution in [0.3, 0.4) is 0 Å². The van der Waals surface area contributed by atoms with Gasteiger partial charge in [0.05, 0.1) is 0 Å². The summed E-state index contributed by atoms with van der Waals surface area (Å²) in [7, 11) is 0. The quantitative estimate of drug-likeness (QED) is 0.232. The summed E-state index contributed by atoms with van der Waals surface area (Å²) in [5, 5.41) is 14.4. The average Bonchev–Trinajstić information content (AvgIpc) is 2.41. The Labute approximate surface area is 116 Å². The van der Waals surface area contributed by atoms with E-state index in [9.17, 15) is 4.79 Å². The van der Waals surface area contributed by atoms with Crippen LogP contribution in [0.5, 0.6) is 5.75 Å². The fourth-order valence-electron chi connectivity index (χ4n) is 1.30. The van der Waals surface area contributed by atoms with Crippen molar-refractivity contribution in [3.8, 4) is 5.75 Å². The molecule has 0 aliphatic carbocycles. The highest BCUT2D eigenvalue weighted by Crippen LogP contribution is 2.16. The van der Waals surface area contributed by atoms with Crippen molar-refractivity contribution < 1.29 is 14.7 Å². The van der Waals surface area contributed by atoms with E-state index in [0.29, 0.717) is 30.2 Å². The van der Waals surface area contributed by atoms with Crippen LogP contribution >= 0.6 is 11.6 Å². The summed E-state index contributed by atoms with van der Waals surface area (Å²) in [5.41, 5.74) is 5.29. The van der Waals surface area contributed by atoms with Crippen molar-refractivity contribution in [1.82, 2.24) is 5.32 Å². The van der Waals surface area contributed by atoms with Gasteiger partial charge >= 0.3 is 0 Å². The normalized spacial score (nSPS) is 11.1. The van der Waals surface area contributed by atoms with Gasteiger partial charge in [0.25, 0.3) is 5.91 Å². The molecule has 0 aliphatic rings. The molecule has 4 N–H and O–H groups in total. The molecule has 6 nitrogen and oxygen atoms in total. The Balaban J connectivity index is 2.18. The summed E-state index contributed by atoms with van der Waals surface area (Å²) in [6.45, 7) is 0.359. The number of carbonyl (C=O) groups is 1. The predicted octanol–water partition coefficient (Wildman–Crippen LogP) is 1.36. The van der Waals surface area contributed by atoms with E-state index in [1.807, 2.05) is 0 Å². The lowest BCUT2D eigenvalue weighted by molar-refractivity contribution is -0.123. The van der Waals surface area contributed by atoms with Gasteiger partial charge in [0.15, 0.2) is 6.61 Å². The van der Waals surface area contributed by atoms with Crippen LogP contribution in [0.15, 0.2) is 29.4 Å². The molecule has 1 rings (SSSR count). The van der Waals surface area contributed by atoms with Crippen LogP contribution in [-0.2, 0) is 4.79 Å². The maximum atomic E-state index is 11.4. The summed E-state index contributed by atoms with van der Waals surface area (Å²) < 4.78 is 5.26. The van der Waals surface area contributed by atoms with Crippen LogP contribution in [0.1, 0.15) is 12.8 Å².